The second kappa shape index (κ2) is 11.3. The molecule has 0 radical (unpaired) electrons. The van der Waals surface area contributed by atoms with Crippen molar-refractivity contribution in [2.75, 3.05) is 26.7 Å². The number of guanidine groups is 1. The van der Waals surface area contributed by atoms with Crippen molar-refractivity contribution in [3.63, 3.8) is 0 Å². The third-order valence-electron chi connectivity index (χ3n) is 4.41. The first-order chi connectivity index (χ1) is 11.6. The lowest BCUT2D eigenvalue weighted by molar-refractivity contribution is -0.132. The van der Waals surface area contributed by atoms with E-state index in [2.05, 4.69) is 53.7 Å². The summed E-state index contributed by atoms with van der Waals surface area (Å²) in [6, 6.07) is 9.04. The Labute approximate surface area is 168 Å². The van der Waals surface area contributed by atoms with Crippen LogP contribution in [-0.4, -0.2) is 49.5 Å². The van der Waals surface area contributed by atoms with Gasteiger partial charge in [-0.15, -0.1) is 24.0 Å². The van der Waals surface area contributed by atoms with Crippen molar-refractivity contribution in [3.05, 3.63) is 35.4 Å². The van der Waals surface area contributed by atoms with Gasteiger partial charge in [0.05, 0.1) is 0 Å². The zero-order valence-electron chi connectivity index (χ0n) is 15.5. The zero-order chi connectivity index (χ0) is 17.4. The number of halogens is 1. The van der Waals surface area contributed by atoms with Gasteiger partial charge in [0.15, 0.2) is 5.96 Å². The van der Waals surface area contributed by atoms with Crippen LogP contribution in [0.3, 0.4) is 0 Å². The van der Waals surface area contributed by atoms with Gasteiger partial charge < -0.3 is 15.5 Å². The number of nitrogens with zero attached hydrogens (tertiary/aromatic N) is 2. The molecule has 1 aliphatic rings. The molecular formula is C19H31IN4O. The molecule has 2 rings (SSSR count). The van der Waals surface area contributed by atoms with Gasteiger partial charge in [-0.2, -0.15) is 0 Å². The minimum Gasteiger partial charge on any atom is -0.357 e. The molecular weight excluding hydrogens is 427 g/mol. The second-order valence-electron chi connectivity index (χ2n) is 6.33. The number of piperidine rings is 1. The lowest BCUT2D eigenvalue weighted by Gasteiger charge is -2.31. The number of aryl methyl sites for hydroxylation is 1. The van der Waals surface area contributed by atoms with Gasteiger partial charge in [0.1, 0.15) is 0 Å². The van der Waals surface area contributed by atoms with Crippen molar-refractivity contribution in [2.45, 2.75) is 45.6 Å². The number of benzene rings is 1. The first-order valence-electron chi connectivity index (χ1n) is 8.99. The Kier molecular flexibility index (Phi) is 9.85. The summed E-state index contributed by atoms with van der Waals surface area (Å²) in [6.07, 6.45) is 3.48. The maximum Gasteiger partial charge on any atom is 0.222 e. The van der Waals surface area contributed by atoms with Crippen LogP contribution >= 0.6 is 24.0 Å². The van der Waals surface area contributed by atoms with E-state index >= 15 is 0 Å². The Bertz CT molecular complexity index is 559. The molecule has 1 amide bonds. The zero-order valence-corrected chi connectivity index (χ0v) is 17.9. The molecule has 6 heteroatoms. The Morgan fingerprint density at radius 2 is 1.92 bits per heavy atom. The largest absolute Gasteiger partial charge is 0.357 e. The first-order valence-corrected chi connectivity index (χ1v) is 8.99. The monoisotopic (exact) mass is 458 g/mol. The molecule has 0 saturated carbocycles. The highest BCUT2D eigenvalue weighted by molar-refractivity contribution is 14.0. The number of amides is 1. The highest BCUT2D eigenvalue weighted by Crippen LogP contribution is 2.09. The number of carbonyl (C=O) groups is 1. The average molecular weight is 458 g/mol. The van der Waals surface area contributed by atoms with Crippen LogP contribution in [0.2, 0.25) is 0 Å². The van der Waals surface area contributed by atoms with E-state index in [1.165, 1.54) is 11.1 Å². The van der Waals surface area contributed by atoms with Crippen LogP contribution in [0.1, 0.15) is 37.8 Å². The minimum absolute atomic E-state index is 0. The van der Waals surface area contributed by atoms with Crippen LogP contribution in [0.4, 0.5) is 0 Å². The van der Waals surface area contributed by atoms with Gasteiger partial charge in [0, 0.05) is 39.1 Å². The van der Waals surface area contributed by atoms with Gasteiger partial charge in [-0.3, -0.25) is 9.79 Å². The lowest BCUT2D eigenvalue weighted by atomic mass is 10.1. The summed E-state index contributed by atoms with van der Waals surface area (Å²) in [5, 5.41) is 6.75. The van der Waals surface area contributed by atoms with Crippen molar-refractivity contribution in [1.82, 2.24) is 15.5 Å². The number of carbonyl (C=O) groups excluding carboxylic acids is 1. The van der Waals surface area contributed by atoms with E-state index in [9.17, 15) is 4.79 Å². The van der Waals surface area contributed by atoms with Crippen molar-refractivity contribution >= 4 is 35.8 Å². The standard InChI is InChI=1S/C19H30N4O.HI/c1-4-15-6-8-16(9-7-15)12-13-21-19(20-5-2)22-17-10-11-18(24)23(3)14-17;/h6-9,17H,4-5,10-14H2,1-3H3,(H2,20,21,22);1H. The Balaban J connectivity index is 0.00000312. The van der Waals surface area contributed by atoms with Crippen LogP contribution in [0.25, 0.3) is 0 Å². The molecule has 5 nitrogen and oxygen atoms in total. The van der Waals surface area contributed by atoms with E-state index in [0.717, 1.165) is 44.9 Å². The van der Waals surface area contributed by atoms with Gasteiger partial charge >= 0.3 is 0 Å². The molecule has 25 heavy (non-hydrogen) atoms. The smallest absolute Gasteiger partial charge is 0.222 e. The molecule has 1 atom stereocenters. The Morgan fingerprint density at radius 3 is 2.52 bits per heavy atom. The SMILES string of the molecule is CCNC(=NCCc1ccc(CC)cc1)NC1CCC(=O)N(C)C1.I. The Morgan fingerprint density at radius 1 is 1.24 bits per heavy atom. The van der Waals surface area contributed by atoms with Crippen LogP contribution in [0.5, 0.6) is 0 Å². The van der Waals surface area contributed by atoms with Crippen LogP contribution in [0, 0.1) is 0 Å². The van der Waals surface area contributed by atoms with Crippen molar-refractivity contribution < 1.29 is 4.79 Å². The number of likely N-dealkylation sites (tertiary alicyclic amines) is 1. The number of aliphatic imine (C=N–C) groups is 1. The topological polar surface area (TPSA) is 56.7 Å². The van der Waals surface area contributed by atoms with Gasteiger partial charge in [0.25, 0.3) is 0 Å². The van der Waals surface area contributed by atoms with Crippen LogP contribution in [-0.2, 0) is 17.6 Å². The number of nitrogens with one attached hydrogen (secondary N) is 2. The fourth-order valence-corrected chi connectivity index (χ4v) is 2.88. The summed E-state index contributed by atoms with van der Waals surface area (Å²) < 4.78 is 0. The molecule has 0 aliphatic carbocycles. The molecule has 2 N–H and O–H groups in total. The second-order valence-corrected chi connectivity index (χ2v) is 6.33. The summed E-state index contributed by atoms with van der Waals surface area (Å²) >= 11 is 0. The van der Waals surface area contributed by atoms with E-state index in [1.54, 1.807) is 4.90 Å². The fourth-order valence-electron chi connectivity index (χ4n) is 2.88. The maximum atomic E-state index is 11.6. The van der Waals surface area contributed by atoms with Crippen LogP contribution in [0.15, 0.2) is 29.3 Å². The van der Waals surface area contributed by atoms with Gasteiger partial charge in [0.2, 0.25) is 5.91 Å². The maximum absolute atomic E-state index is 11.6. The highest BCUT2D eigenvalue weighted by Gasteiger charge is 2.23. The summed E-state index contributed by atoms with van der Waals surface area (Å²) in [4.78, 5) is 18.1. The normalized spacial score (nSPS) is 17.9. The van der Waals surface area contributed by atoms with E-state index in [-0.39, 0.29) is 35.9 Å². The van der Waals surface area contributed by atoms with Crippen LogP contribution < -0.4 is 10.6 Å². The molecule has 140 valence electrons. The Hall–Kier alpha value is -1.31. The van der Waals surface area contributed by atoms with E-state index in [4.69, 9.17) is 0 Å². The predicted octanol–water partition coefficient (Wildman–Crippen LogP) is 2.59. The summed E-state index contributed by atoms with van der Waals surface area (Å²) in [6.45, 7) is 6.56. The highest BCUT2D eigenvalue weighted by atomic mass is 127. The molecule has 1 heterocycles. The molecule has 1 aliphatic heterocycles. The molecule has 1 fully saturated rings. The average Bonchev–Trinajstić information content (AvgIpc) is 2.59. The summed E-state index contributed by atoms with van der Waals surface area (Å²) in [5.41, 5.74) is 2.68. The quantitative estimate of drug-likeness (QED) is 0.392. The molecule has 0 spiro atoms. The molecule has 0 aromatic heterocycles. The number of hydrogen-bond donors (Lipinski definition) is 2. The lowest BCUT2D eigenvalue weighted by Crippen LogP contribution is -2.51. The third-order valence-corrected chi connectivity index (χ3v) is 4.41. The van der Waals surface area contributed by atoms with Crippen molar-refractivity contribution in [2.24, 2.45) is 4.99 Å². The van der Waals surface area contributed by atoms with Crippen molar-refractivity contribution in [1.29, 1.82) is 0 Å². The van der Waals surface area contributed by atoms with Gasteiger partial charge in [-0.05, 0) is 37.3 Å². The van der Waals surface area contributed by atoms with E-state index < -0.39 is 0 Å². The number of hydrogen-bond acceptors (Lipinski definition) is 2. The van der Waals surface area contributed by atoms with Crippen molar-refractivity contribution in [3.8, 4) is 0 Å². The van der Waals surface area contributed by atoms with E-state index in [0.29, 0.717) is 6.42 Å². The number of likely N-dealkylation sites (N-methyl/N-ethyl adjacent to an activating group) is 1. The molecule has 1 aromatic carbocycles. The van der Waals surface area contributed by atoms with Gasteiger partial charge in [-0.25, -0.2) is 0 Å². The first kappa shape index (κ1) is 21.7. The molecule has 0 bridgehead atoms. The molecule has 1 saturated heterocycles. The third kappa shape index (κ3) is 7.22. The summed E-state index contributed by atoms with van der Waals surface area (Å²) in [7, 11) is 1.86. The predicted molar refractivity (Wildman–Crippen MR) is 115 cm³/mol. The molecule has 1 unspecified atom stereocenters. The van der Waals surface area contributed by atoms with E-state index in [1.807, 2.05) is 7.05 Å². The number of rotatable bonds is 6. The fraction of sp³-hybridized carbons (Fsp3) is 0.579. The van der Waals surface area contributed by atoms with Gasteiger partial charge in [-0.1, -0.05) is 31.2 Å². The summed E-state index contributed by atoms with van der Waals surface area (Å²) in [5.74, 6) is 1.07. The molecule has 1 aromatic rings. The minimum atomic E-state index is 0.